The van der Waals surface area contributed by atoms with Gasteiger partial charge in [-0.2, -0.15) is 0 Å². The van der Waals surface area contributed by atoms with Gasteiger partial charge >= 0.3 is 0 Å². The van der Waals surface area contributed by atoms with E-state index >= 15 is 0 Å². The smallest absolute Gasteiger partial charge is 0.139 e. The van der Waals surface area contributed by atoms with Gasteiger partial charge in [0.2, 0.25) is 0 Å². The average Bonchev–Trinajstić information content (AvgIpc) is 3.04. The van der Waals surface area contributed by atoms with Crippen molar-refractivity contribution in [3.63, 3.8) is 0 Å². The molecule has 3 nitrogen and oxygen atoms in total. The van der Waals surface area contributed by atoms with Crippen LogP contribution in [0.5, 0.6) is 11.5 Å². The number of ether oxygens (including phenoxy) is 1. The minimum absolute atomic E-state index is 0.299. The number of rotatable bonds is 8. The summed E-state index contributed by atoms with van der Waals surface area (Å²) in [6, 6.07) is 42.9. The summed E-state index contributed by atoms with van der Waals surface area (Å²) in [4.78, 5) is 0. The van der Waals surface area contributed by atoms with Gasteiger partial charge in [0.15, 0.2) is 0 Å². The monoisotopic (exact) mass is 645 g/mol. The molecule has 0 aliphatic carbocycles. The molecule has 1 N–H and O–H groups in total. The van der Waals surface area contributed by atoms with E-state index in [1.54, 1.807) is 0 Å². The van der Waals surface area contributed by atoms with Crippen molar-refractivity contribution in [2.45, 2.75) is 70.6 Å². The van der Waals surface area contributed by atoms with Crippen LogP contribution in [0.15, 0.2) is 121 Å². The lowest BCUT2D eigenvalue weighted by Gasteiger charge is -2.39. The molecular weight excluding hydrogens is 601 g/mol. The Morgan fingerprint density at radius 2 is 1.15 bits per heavy atom. The van der Waals surface area contributed by atoms with Crippen LogP contribution in [0.1, 0.15) is 88.2 Å². The minimum Gasteiger partial charge on any atom is -0.456 e. The first kappa shape index (κ1) is 32.4. The molecule has 0 saturated heterocycles. The maximum Gasteiger partial charge on any atom is 0.139 e. The molecule has 0 bridgehead atoms. The summed E-state index contributed by atoms with van der Waals surface area (Å²) in [5, 5.41) is 3.76. The molecule has 2 atom stereocenters. The van der Waals surface area contributed by atoms with Crippen LogP contribution in [0, 0.1) is 0 Å². The highest BCUT2D eigenvalue weighted by Crippen LogP contribution is 2.53. The van der Waals surface area contributed by atoms with Crippen molar-refractivity contribution in [2.75, 3.05) is 0 Å². The van der Waals surface area contributed by atoms with E-state index in [1.165, 1.54) is 27.0 Å². The molecule has 0 unspecified atom stereocenters. The maximum atomic E-state index is 13.8. The quantitative estimate of drug-likeness (QED) is 0.171. The minimum atomic E-state index is -1.32. The van der Waals surface area contributed by atoms with Gasteiger partial charge < -0.3 is 4.74 Å². The average molecular weight is 646 g/mol. The van der Waals surface area contributed by atoms with Crippen LogP contribution in [0.25, 0.3) is 0 Å². The maximum absolute atomic E-state index is 13.8. The molecule has 0 radical (unpaired) electrons. The summed E-state index contributed by atoms with van der Waals surface area (Å²) in [7, 11) is -2.21. The lowest BCUT2D eigenvalue weighted by atomic mass is 9.74. The lowest BCUT2D eigenvalue weighted by Crippen LogP contribution is -2.37. The predicted octanol–water partition coefficient (Wildman–Crippen LogP) is 9.14. The fourth-order valence-electron chi connectivity index (χ4n) is 6.40. The predicted molar refractivity (Wildman–Crippen MR) is 197 cm³/mol. The number of nitrogens with one attached hydrogen (secondary N) is 1. The highest BCUT2D eigenvalue weighted by atomic mass is 32.2. The molecule has 1 aliphatic rings. The second-order valence-electron chi connectivity index (χ2n) is 13.8. The molecule has 0 spiro atoms. The Morgan fingerprint density at radius 3 is 1.72 bits per heavy atom. The Bertz CT molecular complexity index is 1820. The molecule has 236 valence electrons. The summed E-state index contributed by atoms with van der Waals surface area (Å²) in [5.74, 6) is 2.08. The number of hydrogen-bond donors (Lipinski definition) is 1. The third-order valence-corrected chi connectivity index (χ3v) is 12.9. The first-order valence-corrected chi connectivity index (χ1v) is 18.6. The van der Waals surface area contributed by atoms with Crippen LogP contribution < -0.4 is 25.4 Å². The topological polar surface area (TPSA) is 38.3 Å². The molecule has 5 aromatic carbocycles. The van der Waals surface area contributed by atoms with Crippen LogP contribution in [0.2, 0.25) is 0 Å². The second kappa shape index (κ2) is 12.9. The summed E-state index contributed by atoms with van der Waals surface area (Å²) in [5.41, 5.74) is 5.35. The Labute approximate surface area is 278 Å². The zero-order valence-corrected chi connectivity index (χ0v) is 29.6. The van der Waals surface area contributed by atoms with Crippen LogP contribution in [-0.4, -0.2) is 8.96 Å². The van der Waals surface area contributed by atoms with Crippen LogP contribution in [-0.2, 0) is 16.4 Å². The summed E-state index contributed by atoms with van der Waals surface area (Å²) in [6.45, 7) is 15.1. The van der Waals surface area contributed by atoms with Gasteiger partial charge in [-0.3, -0.25) is 0 Å². The van der Waals surface area contributed by atoms with E-state index in [0.717, 1.165) is 28.2 Å². The van der Waals surface area contributed by atoms with E-state index in [-0.39, 0.29) is 11.5 Å². The molecule has 46 heavy (non-hydrogen) atoms. The van der Waals surface area contributed by atoms with E-state index in [4.69, 9.17) is 4.74 Å². The molecule has 6 rings (SSSR count). The molecule has 0 aromatic heterocycles. The molecule has 0 saturated carbocycles. The molecule has 5 aromatic rings. The summed E-state index contributed by atoms with van der Waals surface area (Å²) in [6.07, 6.45) is 0. The van der Waals surface area contributed by atoms with Gasteiger partial charge in [0.1, 0.15) is 11.5 Å². The van der Waals surface area contributed by atoms with E-state index in [2.05, 4.69) is 154 Å². The number of fused-ring (bicyclic) bond motifs is 2. The molecule has 1 aliphatic heterocycles. The number of para-hydroxylation sites is 2. The Balaban J connectivity index is 1.57. The molecule has 5 heteroatoms. The van der Waals surface area contributed by atoms with Gasteiger partial charge in [-0.05, 0) is 56.3 Å². The first-order valence-electron chi connectivity index (χ1n) is 16.1. The van der Waals surface area contributed by atoms with Crippen molar-refractivity contribution in [1.82, 2.24) is 4.72 Å². The van der Waals surface area contributed by atoms with Crippen molar-refractivity contribution in [2.24, 2.45) is 0 Å². The fourth-order valence-corrected chi connectivity index (χ4v) is 9.62. The Morgan fingerprint density at radius 1 is 0.652 bits per heavy atom. The van der Waals surface area contributed by atoms with Crippen LogP contribution in [0.4, 0.5) is 0 Å². The van der Waals surface area contributed by atoms with Crippen molar-refractivity contribution in [3.8, 4) is 11.5 Å². The zero-order valence-electron chi connectivity index (χ0n) is 27.9. The van der Waals surface area contributed by atoms with Crippen molar-refractivity contribution in [3.05, 3.63) is 149 Å². The van der Waals surface area contributed by atoms with Gasteiger partial charge in [0.25, 0.3) is 0 Å². The van der Waals surface area contributed by atoms with E-state index < -0.39 is 23.7 Å². The standard InChI is InChI=1S/C41H44NO2PS/c1-28(2)31-22-14-15-23-32(31)37(42-46(43)40(3,4)5)33-24-16-25-34-38(33)44-39-35(41(34,6)7)26-17-27-36(39)45(29-18-10-8-11-19-29)30-20-12-9-13-21-30/h8-28,37,42H,1-7H3/t37-,46-/m0/s1. The van der Waals surface area contributed by atoms with Crippen LogP contribution in [0.3, 0.4) is 0 Å². The van der Waals surface area contributed by atoms with Gasteiger partial charge in [0.05, 0.1) is 21.8 Å². The number of hydrogen-bond acceptors (Lipinski definition) is 2. The van der Waals surface area contributed by atoms with E-state index in [0.29, 0.717) is 5.92 Å². The molecular formula is C41H44NO2PS. The SMILES string of the molecule is CC(C)c1ccccc1[C@H](N[S@@](=O)C(C)(C)C)c1cccc2c1Oc1c(P(c3ccccc3)c3ccccc3)cccc1C2(C)C. The number of benzene rings is 5. The first-order chi connectivity index (χ1) is 22.0. The van der Waals surface area contributed by atoms with E-state index in [1.807, 2.05) is 20.8 Å². The zero-order chi connectivity index (χ0) is 32.6. The van der Waals surface area contributed by atoms with Crippen molar-refractivity contribution < 1.29 is 8.95 Å². The summed E-state index contributed by atoms with van der Waals surface area (Å²) < 4.78 is 24.2. The third-order valence-electron chi connectivity index (χ3n) is 8.88. The second-order valence-corrected chi connectivity index (χ2v) is 18.0. The highest BCUT2D eigenvalue weighted by Gasteiger charge is 2.40. The molecule has 1 heterocycles. The largest absolute Gasteiger partial charge is 0.456 e. The van der Waals surface area contributed by atoms with Gasteiger partial charge in [-0.15, -0.1) is 0 Å². The lowest BCUT2D eigenvalue weighted by molar-refractivity contribution is 0.413. The Hall–Kier alpha value is -3.56. The van der Waals surface area contributed by atoms with Gasteiger partial charge in [0, 0.05) is 27.4 Å². The highest BCUT2D eigenvalue weighted by molar-refractivity contribution is 7.84. The Kier molecular flexibility index (Phi) is 9.09. The van der Waals surface area contributed by atoms with Crippen molar-refractivity contribution >= 4 is 34.8 Å². The normalized spacial score (nSPS) is 15.2. The van der Waals surface area contributed by atoms with Crippen molar-refractivity contribution in [1.29, 1.82) is 0 Å². The van der Waals surface area contributed by atoms with Gasteiger partial charge in [-0.25, -0.2) is 8.93 Å². The molecule has 0 fully saturated rings. The van der Waals surface area contributed by atoms with Crippen LogP contribution >= 0.6 is 7.92 Å². The third kappa shape index (κ3) is 6.11. The summed E-state index contributed by atoms with van der Waals surface area (Å²) >= 11 is 0. The van der Waals surface area contributed by atoms with E-state index in [9.17, 15) is 4.21 Å². The van der Waals surface area contributed by atoms with Gasteiger partial charge in [-0.1, -0.05) is 149 Å². The fraction of sp³-hybridized carbons (Fsp3) is 0.268. The molecule has 0 amide bonds.